The highest BCUT2D eigenvalue weighted by Crippen LogP contribution is 2.20. The number of benzene rings is 2. The van der Waals surface area contributed by atoms with Crippen LogP contribution >= 0.6 is 0 Å². The summed E-state index contributed by atoms with van der Waals surface area (Å²) in [7, 11) is 0. The molecule has 148 valence electrons. The quantitative estimate of drug-likeness (QED) is 0.505. The molecule has 0 aliphatic rings. The van der Waals surface area contributed by atoms with Crippen molar-refractivity contribution < 1.29 is 0 Å². The summed E-state index contributed by atoms with van der Waals surface area (Å²) in [5.41, 5.74) is 11.1. The van der Waals surface area contributed by atoms with Gasteiger partial charge in [0, 0.05) is 6.20 Å². The first-order valence-corrected chi connectivity index (χ1v) is 9.65. The molecule has 0 aliphatic carbocycles. The predicted molar refractivity (Wildman–Crippen MR) is 118 cm³/mol. The summed E-state index contributed by atoms with van der Waals surface area (Å²) in [6.45, 7) is 4.58. The molecule has 0 unspecified atom stereocenters. The Bertz CT molecular complexity index is 1480. The monoisotopic (exact) mass is 396 g/mol. The number of imidazole rings is 1. The van der Waals surface area contributed by atoms with Gasteiger partial charge in [0.25, 0.3) is 5.56 Å². The summed E-state index contributed by atoms with van der Waals surface area (Å²) < 4.78 is 3.66. The molecule has 0 fully saturated rings. The van der Waals surface area contributed by atoms with Gasteiger partial charge in [0.2, 0.25) is 0 Å². The molecule has 2 N–H and O–H groups in total. The van der Waals surface area contributed by atoms with Gasteiger partial charge in [-0.2, -0.15) is 0 Å². The summed E-state index contributed by atoms with van der Waals surface area (Å²) in [5, 5.41) is 1.71. The molecule has 3 heterocycles. The maximum atomic E-state index is 13.1. The third-order valence-corrected chi connectivity index (χ3v) is 5.44. The minimum absolute atomic E-state index is 0.00534. The van der Waals surface area contributed by atoms with Crippen molar-refractivity contribution in [3.8, 4) is 5.69 Å². The maximum Gasteiger partial charge on any atom is 0.263 e. The molecule has 7 nitrogen and oxygen atoms in total. The van der Waals surface area contributed by atoms with E-state index in [2.05, 4.69) is 21.0 Å². The van der Waals surface area contributed by atoms with Crippen LogP contribution in [0, 0.1) is 13.8 Å². The highest BCUT2D eigenvalue weighted by Gasteiger charge is 2.11. The van der Waals surface area contributed by atoms with Crippen LogP contribution in [0.1, 0.15) is 16.7 Å². The molecule has 0 amide bonds. The molecule has 0 spiro atoms. The van der Waals surface area contributed by atoms with E-state index in [0.29, 0.717) is 23.5 Å². The third kappa shape index (κ3) is 2.83. The fraction of sp³-hybridized carbons (Fsp3) is 0.130. The van der Waals surface area contributed by atoms with Crippen LogP contribution in [0.3, 0.4) is 0 Å². The zero-order valence-electron chi connectivity index (χ0n) is 16.7. The Morgan fingerprint density at radius 3 is 2.70 bits per heavy atom. The number of nitrogen functional groups attached to an aromatic ring is 1. The van der Waals surface area contributed by atoms with Crippen LogP contribution in [-0.2, 0) is 6.54 Å². The van der Waals surface area contributed by atoms with Crippen LogP contribution in [0.2, 0.25) is 0 Å². The van der Waals surface area contributed by atoms with E-state index in [1.165, 1.54) is 6.33 Å². The molecule has 5 rings (SSSR count). The Morgan fingerprint density at radius 2 is 1.87 bits per heavy atom. The summed E-state index contributed by atoms with van der Waals surface area (Å²) >= 11 is 0. The van der Waals surface area contributed by atoms with Gasteiger partial charge in [-0.15, -0.1) is 0 Å². The lowest BCUT2D eigenvalue weighted by atomic mass is 10.1. The van der Waals surface area contributed by atoms with E-state index >= 15 is 0 Å². The first kappa shape index (κ1) is 18.1. The number of pyridine rings is 1. The highest BCUT2D eigenvalue weighted by molar-refractivity contribution is 5.85. The predicted octanol–water partition coefficient (Wildman–Crippen LogP) is 3.38. The SMILES string of the molecule is Cc1cc(Cn2cnc3c(N)ncnc32)ccc1-n1ccc2cccc(C)c2c1=O. The molecule has 0 saturated heterocycles. The molecule has 0 aliphatic heterocycles. The Balaban J connectivity index is 1.55. The number of aromatic nitrogens is 5. The van der Waals surface area contributed by atoms with Gasteiger partial charge < -0.3 is 10.3 Å². The molecule has 3 aromatic heterocycles. The second-order valence-electron chi connectivity index (χ2n) is 7.45. The van der Waals surface area contributed by atoms with Crippen molar-refractivity contribution in [2.24, 2.45) is 0 Å². The highest BCUT2D eigenvalue weighted by atomic mass is 16.1. The Hall–Kier alpha value is -4.00. The fourth-order valence-electron chi connectivity index (χ4n) is 3.95. The van der Waals surface area contributed by atoms with Crippen LogP contribution in [0.15, 0.2) is 66.1 Å². The lowest BCUT2D eigenvalue weighted by Gasteiger charge is -2.13. The molecule has 0 radical (unpaired) electrons. The Labute approximate surface area is 172 Å². The molecule has 5 aromatic rings. The van der Waals surface area contributed by atoms with Crippen molar-refractivity contribution >= 4 is 27.8 Å². The fourth-order valence-corrected chi connectivity index (χ4v) is 3.95. The molecule has 7 heteroatoms. The molecule has 30 heavy (non-hydrogen) atoms. The van der Waals surface area contributed by atoms with Gasteiger partial charge in [0.15, 0.2) is 11.5 Å². The average molecular weight is 396 g/mol. The van der Waals surface area contributed by atoms with Gasteiger partial charge >= 0.3 is 0 Å². The number of anilines is 1. The van der Waals surface area contributed by atoms with Crippen LogP contribution in [-0.4, -0.2) is 24.1 Å². The lowest BCUT2D eigenvalue weighted by molar-refractivity contribution is 0.811. The van der Waals surface area contributed by atoms with E-state index in [9.17, 15) is 4.79 Å². The van der Waals surface area contributed by atoms with Crippen molar-refractivity contribution in [3.05, 3.63) is 88.4 Å². The van der Waals surface area contributed by atoms with Crippen molar-refractivity contribution in [1.82, 2.24) is 24.1 Å². The van der Waals surface area contributed by atoms with Gasteiger partial charge in [-0.25, -0.2) is 15.0 Å². The molecular weight excluding hydrogens is 376 g/mol. The van der Waals surface area contributed by atoms with Crippen molar-refractivity contribution in [2.75, 3.05) is 5.73 Å². The lowest BCUT2D eigenvalue weighted by Crippen LogP contribution is -2.19. The van der Waals surface area contributed by atoms with Crippen LogP contribution < -0.4 is 11.3 Å². The van der Waals surface area contributed by atoms with E-state index in [0.717, 1.165) is 33.2 Å². The number of aryl methyl sites for hydroxylation is 2. The smallest absolute Gasteiger partial charge is 0.263 e. The molecule has 0 bridgehead atoms. The first-order chi connectivity index (χ1) is 14.5. The molecular formula is C23H20N6O. The van der Waals surface area contributed by atoms with E-state index in [1.807, 2.05) is 61.0 Å². The second kappa shape index (κ2) is 6.81. The van der Waals surface area contributed by atoms with E-state index < -0.39 is 0 Å². The van der Waals surface area contributed by atoms with Crippen LogP contribution in [0.5, 0.6) is 0 Å². The second-order valence-corrected chi connectivity index (χ2v) is 7.45. The molecule has 0 saturated carbocycles. The minimum atomic E-state index is -0.00534. The first-order valence-electron chi connectivity index (χ1n) is 9.65. The minimum Gasteiger partial charge on any atom is -0.382 e. The summed E-state index contributed by atoms with van der Waals surface area (Å²) in [6, 6.07) is 14.0. The maximum absolute atomic E-state index is 13.1. The number of hydrogen-bond donors (Lipinski definition) is 1. The van der Waals surface area contributed by atoms with Gasteiger partial charge in [-0.3, -0.25) is 9.36 Å². The van der Waals surface area contributed by atoms with Crippen molar-refractivity contribution in [1.29, 1.82) is 0 Å². The van der Waals surface area contributed by atoms with Gasteiger partial charge in [0.1, 0.15) is 11.8 Å². The zero-order chi connectivity index (χ0) is 20.8. The van der Waals surface area contributed by atoms with E-state index in [4.69, 9.17) is 5.73 Å². The Kier molecular flexibility index (Phi) is 4.10. The number of nitrogens with zero attached hydrogens (tertiary/aromatic N) is 5. The van der Waals surface area contributed by atoms with Crippen LogP contribution in [0.25, 0.3) is 27.6 Å². The van der Waals surface area contributed by atoms with Gasteiger partial charge in [0.05, 0.1) is 23.9 Å². The standard InChI is InChI=1S/C23H20N6O/c1-14-4-3-5-17-8-9-29(23(30)19(14)17)18-7-6-16(10-15(18)2)11-28-13-27-20-21(24)25-12-26-22(20)28/h3-10,12-13H,11H2,1-2H3,(H2,24,25,26). The van der Waals surface area contributed by atoms with E-state index in [-0.39, 0.29) is 5.56 Å². The topological polar surface area (TPSA) is 91.6 Å². The van der Waals surface area contributed by atoms with Crippen molar-refractivity contribution in [3.63, 3.8) is 0 Å². The summed E-state index contributed by atoms with van der Waals surface area (Å²) in [4.78, 5) is 25.7. The normalized spacial score (nSPS) is 11.4. The van der Waals surface area contributed by atoms with Gasteiger partial charge in [-0.05, 0) is 48.1 Å². The summed E-state index contributed by atoms with van der Waals surface area (Å²) in [5.74, 6) is 0.372. The Morgan fingerprint density at radius 1 is 1.00 bits per heavy atom. The van der Waals surface area contributed by atoms with Crippen molar-refractivity contribution in [2.45, 2.75) is 20.4 Å². The number of nitrogens with two attached hydrogens (primary N) is 1. The number of fused-ring (bicyclic) bond motifs is 2. The molecule has 0 atom stereocenters. The summed E-state index contributed by atoms with van der Waals surface area (Å²) in [6.07, 6.45) is 5.00. The average Bonchev–Trinajstić information content (AvgIpc) is 3.13. The number of hydrogen-bond acceptors (Lipinski definition) is 5. The van der Waals surface area contributed by atoms with Gasteiger partial charge in [-0.1, -0.05) is 30.3 Å². The largest absolute Gasteiger partial charge is 0.382 e. The van der Waals surface area contributed by atoms with E-state index in [1.54, 1.807) is 10.9 Å². The molecule has 2 aromatic carbocycles. The number of rotatable bonds is 3. The third-order valence-electron chi connectivity index (χ3n) is 5.44. The zero-order valence-corrected chi connectivity index (χ0v) is 16.7. The van der Waals surface area contributed by atoms with Crippen LogP contribution in [0.4, 0.5) is 5.82 Å².